The van der Waals surface area contributed by atoms with E-state index >= 15 is 0 Å². The zero-order valence-corrected chi connectivity index (χ0v) is 14.7. The maximum Gasteiger partial charge on any atom is 0.225 e. The second-order valence-corrected chi connectivity index (χ2v) is 6.45. The van der Waals surface area contributed by atoms with Crippen LogP contribution in [0.4, 0.5) is 0 Å². The summed E-state index contributed by atoms with van der Waals surface area (Å²) >= 11 is 0. The molecule has 2 aromatic carbocycles. The van der Waals surface area contributed by atoms with Crippen molar-refractivity contribution < 1.29 is 4.79 Å². The van der Waals surface area contributed by atoms with Gasteiger partial charge in [0.25, 0.3) is 0 Å². The molecule has 1 amide bonds. The Bertz CT molecular complexity index is 655. The first-order chi connectivity index (χ1) is 11.5. The molecule has 0 saturated heterocycles. The molecule has 0 aliphatic heterocycles. The van der Waals surface area contributed by atoms with Crippen molar-refractivity contribution in [1.82, 2.24) is 10.2 Å². The zero-order valence-electron chi connectivity index (χ0n) is 14.7. The van der Waals surface area contributed by atoms with Gasteiger partial charge in [0.2, 0.25) is 5.91 Å². The number of benzene rings is 2. The van der Waals surface area contributed by atoms with Gasteiger partial charge in [0.1, 0.15) is 0 Å². The number of carbonyl (C=O) groups excluding carboxylic acids is 1. The molecule has 0 fully saturated rings. The molecule has 2 rings (SSSR count). The molecule has 4 nitrogen and oxygen atoms in total. The Morgan fingerprint density at radius 1 is 1.04 bits per heavy atom. The van der Waals surface area contributed by atoms with Crippen molar-refractivity contribution in [3.8, 4) is 0 Å². The van der Waals surface area contributed by atoms with Gasteiger partial charge in [0.15, 0.2) is 0 Å². The summed E-state index contributed by atoms with van der Waals surface area (Å²) in [4.78, 5) is 14.6. The third-order valence-corrected chi connectivity index (χ3v) is 4.19. The van der Waals surface area contributed by atoms with Crippen molar-refractivity contribution in [3.63, 3.8) is 0 Å². The SMILES string of the molecule is CC(C(=O)NCc1ccccc1CN(C)C)C(N)c1ccccc1. The predicted octanol–water partition coefficient (Wildman–Crippen LogP) is 2.70. The number of nitrogens with two attached hydrogens (primary N) is 1. The van der Waals surface area contributed by atoms with Gasteiger partial charge in [-0.1, -0.05) is 61.5 Å². The maximum atomic E-state index is 12.5. The Balaban J connectivity index is 1.98. The Morgan fingerprint density at radius 2 is 1.62 bits per heavy atom. The van der Waals surface area contributed by atoms with E-state index in [9.17, 15) is 4.79 Å². The molecule has 2 aromatic rings. The fraction of sp³-hybridized carbons (Fsp3) is 0.350. The quantitative estimate of drug-likeness (QED) is 0.823. The molecule has 0 saturated carbocycles. The number of nitrogens with one attached hydrogen (secondary N) is 1. The Hall–Kier alpha value is -2.17. The highest BCUT2D eigenvalue weighted by molar-refractivity contribution is 5.79. The molecule has 0 spiro atoms. The highest BCUT2D eigenvalue weighted by Crippen LogP contribution is 2.19. The van der Waals surface area contributed by atoms with Crippen LogP contribution in [0.25, 0.3) is 0 Å². The molecule has 0 bridgehead atoms. The van der Waals surface area contributed by atoms with Gasteiger partial charge in [0.05, 0.1) is 5.92 Å². The highest BCUT2D eigenvalue weighted by atomic mass is 16.1. The van der Waals surface area contributed by atoms with Crippen LogP contribution in [0.3, 0.4) is 0 Å². The van der Waals surface area contributed by atoms with Gasteiger partial charge < -0.3 is 16.0 Å². The van der Waals surface area contributed by atoms with Crippen LogP contribution in [0.5, 0.6) is 0 Å². The van der Waals surface area contributed by atoms with Crippen molar-refractivity contribution in [2.75, 3.05) is 14.1 Å². The summed E-state index contributed by atoms with van der Waals surface area (Å²) in [6.45, 7) is 3.25. The van der Waals surface area contributed by atoms with Crippen molar-refractivity contribution in [2.24, 2.45) is 11.7 Å². The summed E-state index contributed by atoms with van der Waals surface area (Å²) in [5, 5.41) is 3.03. The fourth-order valence-corrected chi connectivity index (χ4v) is 2.70. The Kier molecular flexibility index (Phi) is 6.53. The van der Waals surface area contributed by atoms with Gasteiger partial charge in [-0.05, 0) is 30.8 Å². The molecule has 4 heteroatoms. The molecule has 0 radical (unpaired) electrons. The summed E-state index contributed by atoms with van der Waals surface area (Å²) in [5.41, 5.74) is 9.58. The van der Waals surface area contributed by atoms with E-state index in [1.54, 1.807) is 0 Å². The second-order valence-electron chi connectivity index (χ2n) is 6.45. The molecule has 3 N–H and O–H groups in total. The van der Waals surface area contributed by atoms with E-state index in [4.69, 9.17) is 5.73 Å². The minimum Gasteiger partial charge on any atom is -0.352 e. The van der Waals surface area contributed by atoms with E-state index in [1.165, 1.54) is 5.56 Å². The van der Waals surface area contributed by atoms with E-state index in [0.29, 0.717) is 6.54 Å². The number of hydrogen-bond donors (Lipinski definition) is 2. The number of nitrogens with zero attached hydrogens (tertiary/aromatic N) is 1. The van der Waals surface area contributed by atoms with Gasteiger partial charge in [-0.25, -0.2) is 0 Å². The average molecular weight is 325 g/mol. The van der Waals surface area contributed by atoms with Crippen LogP contribution in [0, 0.1) is 5.92 Å². The Labute approximate surface area is 144 Å². The van der Waals surface area contributed by atoms with Gasteiger partial charge in [-0.3, -0.25) is 4.79 Å². The summed E-state index contributed by atoms with van der Waals surface area (Å²) in [7, 11) is 4.08. The first-order valence-corrected chi connectivity index (χ1v) is 8.28. The summed E-state index contributed by atoms with van der Waals surface area (Å²) in [6.07, 6.45) is 0. The first kappa shape index (κ1) is 18.2. The third-order valence-electron chi connectivity index (χ3n) is 4.19. The molecule has 0 heterocycles. The van der Waals surface area contributed by atoms with Crippen molar-refractivity contribution >= 4 is 5.91 Å². The molecule has 0 aliphatic carbocycles. The summed E-state index contributed by atoms with van der Waals surface area (Å²) in [6, 6.07) is 17.6. The predicted molar refractivity (Wildman–Crippen MR) is 98.2 cm³/mol. The lowest BCUT2D eigenvalue weighted by molar-refractivity contribution is -0.125. The first-order valence-electron chi connectivity index (χ1n) is 8.28. The van der Waals surface area contributed by atoms with E-state index in [2.05, 4.69) is 22.3 Å². The van der Waals surface area contributed by atoms with Crippen LogP contribution in [0.1, 0.15) is 29.7 Å². The smallest absolute Gasteiger partial charge is 0.225 e. The standard InChI is InChI=1S/C20H27N3O/c1-15(19(21)16-9-5-4-6-10-16)20(24)22-13-17-11-7-8-12-18(17)14-23(2)3/h4-12,15,19H,13-14,21H2,1-3H3,(H,22,24). The van der Waals surface area contributed by atoms with Crippen molar-refractivity contribution in [3.05, 3.63) is 71.3 Å². The van der Waals surface area contributed by atoms with Crippen molar-refractivity contribution in [1.29, 1.82) is 0 Å². The number of hydrogen-bond acceptors (Lipinski definition) is 3. The molecule has 0 aromatic heterocycles. The molecule has 0 aliphatic rings. The third kappa shape index (κ3) is 4.91. The molecular weight excluding hydrogens is 298 g/mol. The van der Waals surface area contributed by atoms with E-state index in [-0.39, 0.29) is 17.9 Å². The van der Waals surface area contributed by atoms with Crippen LogP contribution >= 0.6 is 0 Å². The second kappa shape index (κ2) is 8.62. The molecule has 128 valence electrons. The average Bonchev–Trinajstić information content (AvgIpc) is 2.59. The summed E-state index contributed by atoms with van der Waals surface area (Å²) < 4.78 is 0. The van der Waals surface area contributed by atoms with Crippen LogP contribution in [-0.4, -0.2) is 24.9 Å². The summed E-state index contributed by atoms with van der Waals surface area (Å²) in [5.74, 6) is -0.306. The molecule has 2 atom stereocenters. The molecular formula is C20H27N3O. The normalized spacial score (nSPS) is 13.5. The molecule has 2 unspecified atom stereocenters. The van der Waals surface area contributed by atoms with Gasteiger partial charge in [-0.15, -0.1) is 0 Å². The van der Waals surface area contributed by atoms with Crippen LogP contribution in [0.2, 0.25) is 0 Å². The number of rotatable bonds is 7. The number of amides is 1. The monoisotopic (exact) mass is 325 g/mol. The minimum atomic E-state index is -0.303. The van der Waals surface area contributed by atoms with Crippen LogP contribution in [0.15, 0.2) is 54.6 Å². The topological polar surface area (TPSA) is 58.4 Å². The van der Waals surface area contributed by atoms with Crippen LogP contribution < -0.4 is 11.1 Å². The lowest BCUT2D eigenvalue weighted by Crippen LogP contribution is -2.35. The van der Waals surface area contributed by atoms with Crippen LogP contribution in [-0.2, 0) is 17.9 Å². The largest absolute Gasteiger partial charge is 0.352 e. The zero-order chi connectivity index (χ0) is 17.5. The highest BCUT2D eigenvalue weighted by Gasteiger charge is 2.21. The van der Waals surface area contributed by atoms with E-state index in [0.717, 1.165) is 17.7 Å². The van der Waals surface area contributed by atoms with Crippen molar-refractivity contribution in [2.45, 2.75) is 26.1 Å². The lowest BCUT2D eigenvalue weighted by atomic mass is 9.94. The Morgan fingerprint density at radius 3 is 2.25 bits per heavy atom. The lowest BCUT2D eigenvalue weighted by Gasteiger charge is -2.20. The fourth-order valence-electron chi connectivity index (χ4n) is 2.70. The van der Waals surface area contributed by atoms with Gasteiger partial charge in [-0.2, -0.15) is 0 Å². The van der Waals surface area contributed by atoms with E-state index in [1.807, 2.05) is 63.5 Å². The molecule has 24 heavy (non-hydrogen) atoms. The maximum absolute atomic E-state index is 12.5. The minimum absolute atomic E-state index is 0.0222. The van der Waals surface area contributed by atoms with Gasteiger partial charge in [0, 0.05) is 19.1 Å². The number of carbonyl (C=O) groups is 1. The van der Waals surface area contributed by atoms with Gasteiger partial charge >= 0.3 is 0 Å². The van der Waals surface area contributed by atoms with E-state index < -0.39 is 0 Å².